The highest BCUT2D eigenvalue weighted by atomic mass is 32.1. The van der Waals surface area contributed by atoms with Crippen LogP contribution in [0.4, 0.5) is 0 Å². The van der Waals surface area contributed by atoms with Gasteiger partial charge >= 0.3 is 0 Å². The van der Waals surface area contributed by atoms with E-state index in [2.05, 4.69) is 19.9 Å². The minimum absolute atomic E-state index is 0.159. The normalized spacial score (nSPS) is 18.8. The molecule has 0 aromatic carbocycles. The van der Waals surface area contributed by atoms with E-state index in [1.165, 1.54) is 30.6 Å². The number of amides is 1. The van der Waals surface area contributed by atoms with E-state index in [4.69, 9.17) is 0 Å². The zero-order valence-corrected chi connectivity index (χ0v) is 13.8. The van der Waals surface area contributed by atoms with E-state index >= 15 is 0 Å². The van der Waals surface area contributed by atoms with E-state index in [0.29, 0.717) is 12.1 Å². The quantitative estimate of drug-likeness (QED) is 0.861. The molecular formula is C17H20N4OS. The van der Waals surface area contributed by atoms with Crippen molar-refractivity contribution in [2.75, 3.05) is 0 Å². The topological polar surface area (TPSA) is 59.0 Å². The highest BCUT2D eigenvalue weighted by Crippen LogP contribution is 2.36. The summed E-state index contributed by atoms with van der Waals surface area (Å²) in [5, 5.41) is 0.765. The van der Waals surface area contributed by atoms with Crippen LogP contribution in [0.3, 0.4) is 0 Å². The van der Waals surface area contributed by atoms with E-state index in [9.17, 15) is 4.79 Å². The standard InChI is InChI=1S/C17H20N4OS/c22-17(21(13-6-7-13)12-4-2-1-3-5-12)15-11-20-16(23-15)14-10-18-8-9-19-14/h8-13H,1-7H2. The van der Waals surface area contributed by atoms with Gasteiger partial charge in [0.25, 0.3) is 5.91 Å². The Balaban J connectivity index is 1.56. The van der Waals surface area contributed by atoms with Gasteiger partial charge in [-0.2, -0.15) is 0 Å². The molecule has 2 aromatic rings. The number of aromatic nitrogens is 3. The van der Waals surface area contributed by atoms with Crippen molar-refractivity contribution in [1.29, 1.82) is 0 Å². The summed E-state index contributed by atoms with van der Waals surface area (Å²) in [5.41, 5.74) is 0.729. The Morgan fingerprint density at radius 1 is 1.00 bits per heavy atom. The van der Waals surface area contributed by atoms with Crippen LogP contribution in [0.15, 0.2) is 24.8 Å². The molecule has 2 fully saturated rings. The average molecular weight is 328 g/mol. The molecule has 2 heterocycles. The van der Waals surface area contributed by atoms with Crippen LogP contribution in [-0.4, -0.2) is 37.8 Å². The summed E-state index contributed by atoms with van der Waals surface area (Å²) in [5.74, 6) is 0.159. The fraction of sp³-hybridized carbons (Fsp3) is 0.529. The number of hydrogen-bond donors (Lipinski definition) is 0. The second-order valence-electron chi connectivity index (χ2n) is 6.36. The molecule has 0 N–H and O–H groups in total. The minimum atomic E-state index is 0.159. The summed E-state index contributed by atoms with van der Waals surface area (Å²) in [6.07, 6.45) is 15.1. The van der Waals surface area contributed by atoms with Gasteiger partial charge in [0, 0.05) is 24.5 Å². The van der Waals surface area contributed by atoms with Gasteiger partial charge in [-0.15, -0.1) is 11.3 Å². The minimum Gasteiger partial charge on any atom is -0.332 e. The molecule has 120 valence electrons. The van der Waals surface area contributed by atoms with Gasteiger partial charge in [0.05, 0.1) is 12.4 Å². The Morgan fingerprint density at radius 3 is 2.48 bits per heavy atom. The van der Waals surface area contributed by atoms with Crippen molar-refractivity contribution in [1.82, 2.24) is 19.9 Å². The first-order valence-corrected chi connectivity index (χ1v) is 9.19. The van der Waals surface area contributed by atoms with Gasteiger partial charge < -0.3 is 4.90 Å². The Kier molecular flexibility index (Phi) is 4.08. The third-order valence-electron chi connectivity index (χ3n) is 4.64. The predicted octanol–water partition coefficient (Wildman–Crippen LogP) is 3.54. The van der Waals surface area contributed by atoms with Crippen molar-refractivity contribution in [3.05, 3.63) is 29.7 Å². The molecular weight excluding hydrogens is 308 g/mol. The fourth-order valence-electron chi connectivity index (χ4n) is 3.37. The predicted molar refractivity (Wildman–Crippen MR) is 89.2 cm³/mol. The van der Waals surface area contributed by atoms with Gasteiger partial charge in [-0.1, -0.05) is 19.3 Å². The van der Waals surface area contributed by atoms with Gasteiger partial charge in [-0.25, -0.2) is 4.98 Å². The van der Waals surface area contributed by atoms with Gasteiger partial charge in [-0.3, -0.25) is 14.8 Å². The molecule has 0 saturated heterocycles. The molecule has 0 aliphatic heterocycles. The lowest BCUT2D eigenvalue weighted by atomic mass is 9.94. The number of thiazole rings is 1. The zero-order valence-electron chi connectivity index (χ0n) is 13.0. The van der Waals surface area contributed by atoms with Crippen LogP contribution >= 0.6 is 11.3 Å². The van der Waals surface area contributed by atoms with Gasteiger partial charge in [0.1, 0.15) is 15.6 Å². The fourth-order valence-corrected chi connectivity index (χ4v) is 4.19. The van der Waals surface area contributed by atoms with Crippen LogP contribution in [0.5, 0.6) is 0 Å². The maximum atomic E-state index is 13.0. The summed E-state index contributed by atoms with van der Waals surface area (Å²) in [4.78, 5) is 28.6. The summed E-state index contributed by atoms with van der Waals surface area (Å²) in [7, 11) is 0. The molecule has 2 aromatic heterocycles. The number of nitrogens with zero attached hydrogens (tertiary/aromatic N) is 4. The molecule has 2 saturated carbocycles. The molecule has 0 bridgehead atoms. The second kappa shape index (κ2) is 6.35. The van der Waals surface area contributed by atoms with E-state index in [0.717, 1.165) is 41.3 Å². The molecule has 0 spiro atoms. The van der Waals surface area contributed by atoms with Crippen LogP contribution < -0.4 is 0 Å². The summed E-state index contributed by atoms with van der Waals surface area (Å²) in [6.45, 7) is 0. The van der Waals surface area contributed by atoms with Gasteiger partial charge in [0.2, 0.25) is 0 Å². The van der Waals surface area contributed by atoms with Crippen molar-refractivity contribution < 1.29 is 4.79 Å². The maximum Gasteiger partial charge on any atom is 0.266 e. The first-order chi connectivity index (χ1) is 11.3. The average Bonchev–Trinajstić information content (AvgIpc) is 3.31. The first-order valence-electron chi connectivity index (χ1n) is 8.38. The van der Waals surface area contributed by atoms with E-state index in [-0.39, 0.29) is 5.91 Å². The van der Waals surface area contributed by atoms with Crippen molar-refractivity contribution in [2.45, 2.75) is 57.0 Å². The Hall–Kier alpha value is -1.82. The zero-order chi connectivity index (χ0) is 15.6. The van der Waals surface area contributed by atoms with E-state index in [1.807, 2.05) is 0 Å². The molecule has 2 aliphatic rings. The number of hydrogen-bond acceptors (Lipinski definition) is 5. The van der Waals surface area contributed by atoms with Crippen LogP contribution in [0.25, 0.3) is 10.7 Å². The maximum absolute atomic E-state index is 13.0. The van der Waals surface area contributed by atoms with E-state index in [1.54, 1.807) is 24.8 Å². The lowest BCUT2D eigenvalue weighted by Crippen LogP contribution is -2.42. The summed E-state index contributed by atoms with van der Waals surface area (Å²) in [6, 6.07) is 0.874. The first kappa shape index (κ1) is 14.8. The third-order valence-corrected chi connectivity index (χ3v) is 5.65. The van der Waals surface area contributed by atoms with Crippen LogP contribution in [-0.2, 0) is 0 Å². The molecule has 6 heteroatoms. The monoisotopic (exact) mass is 328 g/mol. The molecule has 0 unspecified atom stereocenters. The number of carbonyl (C=O) groups is 1. The third kappa shape index (κ3) is 3.13. The molecule has 4 rings (SSSR count). The van der Waals surface area contributed by atoms with Gasteiger partial charge in [0.15, 0.2) is 0 Å². The Labute approximate surface area is 139 Å². The molecule has 1 amide bonds. The summed E-state index contributed by atoms with van der Waals surface area (Å²) < 4.78 is 0. The molecule has 2 aliphatic carbocycles. The number of rotatable bonds is 4. The lowest BCUT2D eigenvalue weighted by Gasteiger charge is -2.34. The van der Waals surface area contributed by atoms with Crippen molar-refractivity contribution in [3.8, 4) is 10.7 Å². The lowest BCUT2D eigenvalue weighted by molar-refractivity contribution is 0.0619. The van der Waals surface area contributed by atoms with Gasteiger partial charge in [-0.05, 0) is 25.7 Å². The smallest absolute Gasteiger partial charge is 0.266 e. The highest BCUT2D eigenvalue weighted by Gasteiger charge is 2.38. The number of carbonyl (C=O) groups excluding carboxylic acids is 1. The molecule has 0 radical (unpaired) electrons. The molecule has 0 atom stereocenters. The van der Waals surface area contributed by atoms with Crippen molar-refractivity contribution >= 4 is 17.2 Å². The van der Waals surface area contributed by atoms with Crippen LogP contribution in [0, 0.1) is 0 Å². The Bertz CT molecular complexity index is 677. The molecule has 23 heavy (non-hydrogen) atoms. The highest BCUT2D eigenvalue weighted by molar-refractivity contribution is 7.16. The van der Waals surface area contributed by atoms with Crippen molar-refractivity contribution in [3.63, 3.8) is 0 Å². The summed E-state index contributed by atoms with van der Waals surface area (Å²) >= 11 is 1.43. The SMILES string of the molecule is O=C(c1cnc(-c2cnccn2)s1)N(C1CCCCC1)C1CC1. The van der Waals surface area contributed by atoms with Crippen LogP contribution in [0.1, 0.15) is 54.6 Å². The van der Waals surface area contributed by atoms with Crippen LogP contribution in [0.2, 0.25) is 0 Å². The molecule has 5 nitrogen and oxygen atoms in total. The Morgan fingerprint density at radius 2 is 1.78 bits per heavy atom. The van der Waals surface area contributed by atoms with E-state index < -0.39 is 0 Å². The van der Waals surface area contributed by atoms with Crippen molar-refractivity contribution in [2.24, 2.45) is 0 Å². The largest absolute Gasteiger partial charge is 0.332 e. The second-order valence-corrected chi connectivity index (χ2v) is 7.39.